The highest BCUT2D eigenvalue weighted by Crippen LogP contribution is 2.52. The van der Waals surface area contributed by atoms with Crippen molar-refractivity contribution in [3.8, 4) is 0 Å². The Bertz CT molecular complexity index is 607. The zero-order chi connectivity index (χ0) is 13.9. The summed E-state index contributed by atoms with van der Waals surface area (Å²) in [5.74, 6) is -1.86. The molecule has 1 aromatic heterocycles. The highest BCUT2D eigenvalue weighted by Gasteiger charge is 2.67. The highest BCUT2D eigenvalue weighted by atomic mass is 16.5. The molecule has 0 saturated carbocycles. The molecule has 2 fully saturated rings. The largest absolute Gasteiger partial charge is 0.481 e. The van der Waals surface area contributed by atoms with Gasteiger partial charge in [-0.1, -0.05) is 12.2 Å². The molecule has 0 unspecified atom stereocenters. The van der Waals surface area contributed by atoms with E-state index in [-0.39, 0.29) is 5.91 Å². The van der Waals surface area contributed by atoms with E-state index in [1.54, 1.807) is 29.4 Å². The Kier molecular flexibility index (Phi) is 2.18. The SMILES string of the molecule is O=C(O)[C@@H]1[C@H]2C(=O)N(Cc3ccco3)C[C@]23C=C[C@H]1O3. The van der Waals surface area contributed by atoms with Crippen molar-refractivity contribution in [1.29, 1.82) is 0 Å². The smallest absolute Gasteiger partial charge is 0.310 e. The van der Waals surface area contributed by atoms with Crippen LogP contribution >= 0.6 is 0 Å². The number of ether oxygens (including phenoxy) is 1. The Balaban J connectivity index is 1.65. The third-order valence-corrected chi connectivity index (χ3v) is 4.39. The lowest BCUT2D eigenvalue weighted by Gasteiger charge is -2.21. The first-order valence-electron chi connectivity index (χ1n) is 6.52. The maximum atomic E-state index is 12.5. The van der Waals surface area contributed by atoms with E-state index in [2.05, 4.69) is 0 Å². The molecule has 6 nitrogen and oxygen atoms in total. The summed E-state index contributed by atoms with van der Waals surface area (Å²) in [4.78, 5) is 25.5. The summed E-state index contributed by atoms with van der Waals surface area (Å²) in [6.45, 7) is 0.728. The fraction of sp³-hybridized carbons (Fsp3) is 0.429. The lowest BCUT2D eigenvalue weighted by Crippen LogP contribution is -2.39. The van der Waals surface area contributed by atoms with Gasteiger partial charge in [0.1, 0.15) is 17.3 Å². The van der Waals surface area contributed by atoms with E-state index in [4.69, 9.17) is 9.15 Å². The van der Waals surface area contributed by atoms with E-state index in [9.17, 15) is 14.7 Å². The Morgan fingerprint density at radius 2 is 2.40 bits per heavy atom. The van der Waals surface area contributed by atoms with Gasteiger partial charge in [-0.15, -0.1) is 0 Å². The van der Waals surface area contributed by atoms with Crippen LogP contribution < -0.4 is 0 Å². The van der Waals surface area contributed by atoms with Crippen molar-refractivity contribution >= 4 is 11.9 Å². The van der Waals surface area contributed by atoms with Gasteiger partial charge >= 0.3 is 5.97 Å². The number of furan rings is 1. The van der Waals surface area contributed by atoms with Crippen molar-refractivity contribution < 1.29 is 23.8 Å². The predicted molar refractivity (Wildman–Crippen MR) is 65.5 cm³/mol. The molecule has 104 valence electrons. The molecule has 20 heavy (non-hydrogen) atoms. The number of carboxylic acids is 1. The predicted octanol–water partition coefficient (Wildman–Crippen LogP) is 0.646. The third kappa shape index (κ3) is 1.37. The summed E-state index contributed by atoms with van der Waals surface area (Å²) in [6.07, 6.45) is 4.69. The minimum Gasteiger partial charge on any atom is -0.481 e. The number of hydrogen-bond donors (Lipinski definition) is 1. The minimum atomic E-state index is -0.973. The van der Waals surface area contributed by atoms with Crippen molar-refractivity contribution in [3.63, 3.8) is 0 Å². The summed E-state index contributed by atoms with van der Waals surface area (Å²) in [6, 6.07) is 3.55. The average molecular weight is 275 g/mol. The van der Waals surface area contributed by atoms with E-state index < -0.39 is 29.5 Å². The quantitative estimate of drug-likeness (QED) is 0.819. The first-order valence-corrected chi connectivity index (χ1v) is 6.52. The first-order chi connectivity index (χ1) is 9.61. The lowest BCUT2D eigenvalue weighted by atomic mass is 9.77. The van der Waals surface area contributed by atoms with Gasteiger partial charge in [-0.05, 0) is 12.1 Å². The molecule has 3 aliphatic rings. The second kappa shape index (κ2) is 3.73. The second-order valence-electron chi connectivity index (χ2n) is 5.51. The van der Waals surface area contributed by atoms with Gasteiger partial charge in [0.05, 0.1) is 31.4 Å². The van der Waals surface area contributed by atoms with E-state index >= 15 is 0 Å². The summed E-state index contributed by atoms with van der Waals surface area (Å²) in [5, 5.41) is 9.34. The van der Waals surface area contributed by atoms with Crippen LogP contribution in [0.25, 0.3) is 0 Å². The molecule has 0 aliphatic carbocycles. The fourth-order valence-electron chi connectivity index (χ4n) is 3.58. The third-order valence-electron chi connectivity index (χ3n) is 4.39. The molecular weight excluding hydrogens is 262 g/mol. The van der Waals surface area contributed by atoms with E-state index in [1.807, 2.05) is 6.08 Å². The van der Waals surface area contributed by atoms with Gasteiger partial charge in [0.15, 0.2) is 0 Å². The molecule has 1 N–H and O–H groups in total. The van der Waals surface area contributed by atoms with Crippen LogP contribution in [-0.2, 0) is 20.9 Å². The van der Waals surface area contributed by atoms with Crippen molar-refractivity contribution in [2.75, 3.05) is 6.54 Å². The number of carbonyl (C=O) groups is 2. The lowest BCUT2D eigenvalue weighted by molar-refractivity contribution is -0.148. The molecule has 2 bridgehead atoms. The zero-order valence-corrected chi connectivity index (χ0v) is 10.6. The zero-order valence-electron chi connectivity index (χ0n) is 10.6. The van der Waals surface area contributed by atoms with Gasteiger partial charge in [-0.2, -0.15) is 0 Å². The summed E-state index contributed by atoms with van der Waals surface area (Å²) >= 11 is 0. The first kappa shape index (κ1) is 11.7. The fourth-order valence-corrected chi connectivity index (χ4v) is 3.58. The molecule has 3 aliphatic heterocycles. The van der Waals surface area contributed by atoms with Crippen LogP contribution in [0, 0.1) is 11.8 Å². The molecule has 4 atom stereocenters. The molecule has 4 heterocycles. The van der Waals surface area contributed by atoms with Crippen LogP contribution in [0.3, 0.4) is 0 Å². The number of rotatable bonds is 3. The van der Waals surface area contributed by atoms with Gasteiger partial charge in [-0.3, -0.25) is 9.59 Å². The van der Waals surface area contributed by atoms with Crippen molar-refractivity contribution in [1.82, 2.24) is 4.90 Å². The van der Waals surface area contributed by atoms with E-state index in [1.165, 1.54) is 0 Å². The van der Waals surface area contributed by atoms with Crippen LogP contribution in [0.5, 0.6) is 0 Å². The summed E-state index contributed by atoms with van der Waals surface area (Å²) < 4.78 is 11.0. The molecular formula is C14H13NO5. The monoisotopic (exact) mass is 275 g/mol. The van der Waals surface area contributed by atoms with Crippen LogP contribution in [-0.4, -0.2) is 40.1 Å². The standard InChI is InChI=1S/C14H13NO5/c16-12-11-10(13(17)18)9-3-4-14(11,20-9)7-15(12)6-8-2-1-5-19-8/h1-5,9-11H,6-7H2,(H,17,18)/t9-,10+,11+,14-/m1/s1. The van der Waals surface area contributed by atoms with Gasteiger partial charge in [0, 0.05) is 0 Å². The van der Waals surface area contributed by atoms with Gasteiger partial charge < -0.3 is 19.2 Å². The molecule has 0 radical (unpaired) electrons. The molecule has 0 aromatic carbocycles. The Morgan fingerprint density at radius 1 is 1.55 bits per heavy atom. The summed E-state index contributed by atoms with van der Waals surface area (Å²) in [5.41, 5.74) is -0.766. The molecule has 1 amide bonds. The average Bonchev–Trinajstić information content (AvgIpc) is 3.12. The second-order valence-corrected chi connectivity index (χ2v) is 5.51. The Morgan fingerprint density at radius 3 is 3.10 bits per heavy atom. The molecule has 2 saturated heterocycles. The Labute approximate surface area is 114 Å². The molecule has 4 rings (SSSR count). The van der Waals surface area contributed by atoms with Crippen LogP contribution in [0.15, 0.2) is 35.0 Å². The number of fused-ring (bicyclic) bond motifs is 1. The highest BCUT2D eigenvalue weighted by molar-refractivity contribution is 5.90. The number of amides is 1. The Hall–Kier alpha value is -2.08. The van der Waals surface area contributed by atoms with Gasteiger partial charge in [-0.25, -0.2) is 0 Å². The summed E-state index contributed by atoms with van der Waals surface area (Å²) in [7, 11) is 0. The number of hydrogen-bond acceptors (Lipinski definition) is 4. The van der Waals surface area contributed by atoms with Crippen LogP contribution in [0.1, 0.15) is 5.76 Å². The van der Waals surface area contributed by atoms with E-state index in [0.29, 0.717) is 18.8 Å². The number of nitrogens with zero attached hydrogens (tertiary/aromatic N) is 1. The maximum absolute atomic E-state index is 12.5. The molecule has 1 aromatic rings. The number of carbonyl (C=O) groups excluding carboxylic acids is 1. The number of likely N-dealkylation sites (tertiary alicyclic amines) is 1. The maximum Gasteiger partial charge on any atom is 0.310 e. The van der Waals surface area contributed by atoms with Crippen LogP contribution in [0.4, 0.5) is 0 Å². The van der Waals surface area contributed by atoms with Gasteiger partial charge in [0.25, 0.3) is 0 Å². The normalized spacial score (nSPS) is 37.7. The topological polar surface area (TPSA) is 80.0 Å². The van der Waals surface area contributed by atoms with Gasteiger partial charge in [0.2, 0.25) is 5.91 Å². The number of carboxylic acid groups (broad SMARTS) is 1. The van der Waals surface area contributed by atoms with Crippen molar-refractivity contribution in [2.24, 2.45) is 11.8 Å². The van der Waals surface area contributed by atoms with Crippen molar-refractivity contribution in [3.05, 3.63) is 36.3 Å². The van der Waals surface area contributed by atoms with Crippen molar-refractivity contribution in [2.45, 2.75) is 18.2 Å². The molecule has 6 heteroatoms. The number of aliphatic carboxylic acids is 1. The van der Waals surface area contributed by atoms with Crippen LogP contribution in [0.2, 0.25) is 0 Å². The van der Waals surface area contributed by atoms with E-state index in [0.717, 1.165) is 0 Å². The molecule has 1 spiro atoms. The minimum absolute atomic E-state index is 0.166.